The summed E-state index contributed by atoms with van der Waals surface area (Å²) >= 11 is 0. The maximum Gasteiger partial charge on any atom is 0.389 e. The van der Waals surface area contributed by atoms with Crippen molar-refractivity contribution >= 4 is 0 Å². The van der Waals surface area contributed by atoms with Gasteiger partial charge in [0.25, 0.3) is 0 Å². The van der Waals surface area contributed by atoms with E-state index in [1.54, 1.807) is 7.05 Å². The Labute approximate surface area is 64.0 Å². The fourth-order valence-electron chi connectivity index (χ4n) is 1.16. The van der Waals surface area contributed by atoms with Gasteiger partial charge in [-0.1, -0.05) is 0 Å². The first-order chi connectivity index (χ1) is 4.97. The molecular formula is C7H12F3N. The van der Waals surface area contributed by atoms with Gasteiger partial charge >= 0.3 is 6.18 Å². The lowest BCUT2D eigenvalue weighted by molar-refractivity contribution is -0.137. The van der Waals surface area contributed by atoms with E-state index in [0.717, 1.165) is 12.8 Å². The molecule has 0 spiro atoms. The highest BCUT2D eigenvalue weighted by molar-refractivity contribution is 5.00. The third-order valence-corrected chi connectivity index (χ3v) is 2.27. The van der Waals surface area contributed by atoms with Gasteiger partial charge in [-0.25, -0.2) is 0 Å². The number of alkyl halides is 3. The largest absolute Gasteiger partial charge is 0.389 e. The lowest BCUT2D eigenvalue weighted by atomic mass is 10.1. The zero-order chi connectivity index (χ0) is 8.54. The van der Waals surface area contributed by atoms with Crippen LogP contribution < -0.4 is 5.32 Å². The Kier molecular flexibility index (Phi) is 2.14. The Morgan fingerprint density at radius 3 is 2.18 bits per heavy atom. The first-order valence-electron chi connectivity index (χ1n) is 3.73. The van der Waals surface area contributed by atoms with Gasteiger partial charge in [0.15, 0.2) is 0 Å². The second-order valence-corrected chi connectivity index (χ2v) is 3.15. The topological polar surface area (TPSA) is 12.0 Å². The van der Waals surface area contributed by atoms with E-state index < -0.39 is 12.6 Å². The van der Waals surface area contributed by atoms with E-state index in [9.17, 15) is 13.2 Å². The van der Waals surface area contributed by atoms with Crippen molar-refractivity contribution in [2.24, 2.45) is 0 Å². The van der Waals surface area contributed by atoms with Crippen molar-refractivity contribution in [3.63, 3.8) is 0 Å². The number of rotatable bonds is 3. The highest BCUT2D eigenvalue weighted by Gasteiger charge is 2.43. The fourth-order valence-corrected chi connectivity index (χ4v) is 1.16. The Morgan fingerprint density at radius 2 is 1.91 bits per heavy atom. The molecule has 0 aromatic rings. The molecule has 1 saturated carbocycles. The van der Waals surface area contributed by atoms with Crippen LogP contribution >= 0.6 is 0 Å². The van der Waals surface area contributed by atoms with Crippen LogP contribution in [0.1, 0.15) is 25.7 Å². The molecule has 0 atom stereocenters. The summed E-state index contributed by atoms with van der Waals surface area (Å²) in [7, 11) is 1.73. The average Bonchev–Trinajstić information content (AvgIpc) is 2.63. The molecule has 1 nitrogen and oxygen atoms in total. The van der Waals surface area contributed by atoms with Crippen molar-refractivity contribution < 1.29 is 13.2 Å². The Balaban J connectivity index is 2.22. The van der Waals surface area contributed by atoms with Crippen molar-refractivity contribution in [2.75, 3.05) is 7.05 Å². The minimum absolute atomic E-state index is 0.171. The normalized spacial score (nSPS) is 21.8. The predicted molar refractivity (Wildman–Crippen MR) is 36.3 cm³/mol. The lowest BCUT2D eigenvalue weighted by Crippen LogP contribution is -2.28. The first-order valence-corrected chi connectivity index (χ1v) is 3.73. The molecule has 0 unspecified atom stereocenters. The molecule has 1 aliphatic carbocycles. The molecule has 11 heavy (non-hydrogen) atoms. The molecule has 1 N–H and O–H groups in total. The quantitative estimate of drug-likeness (QED) is 0.678. The molecule has 1 aliphatic rings. The van der Waals surface area contributed by atoms with Crippen LogP contribution in [0.15, 0.2) is 0 Å². The second-order valence-electron chi connectivity index (χ2n) is 3.15. The van der Waals surface area contributed by atoms with Crippen LogP contribution in [0.3, 0.4) is 0 Å². The van der Waals surface area contributed by atoms with Crippen LogP contribution in [0.4, 0.5) is 13.2 Å². The SMILES string of the molecule is CNC1(CCC(F)(F)F)CC1. The summed E-state index contributed by atoms with van der Waals surface area (Å²) in [4.78, 5) is 0. The van der Waals surface area contributed by atoms with Crippen molar-refractivity contribution in [2.45, 2.75) is 37.4 Å². The first kappa shape index (κ1) is 8.84. The van der Waals surface area contributed by atoms with Crippen molar-refractivity contribution in [3.8, 4) is 0 Å². The maximum absolute atomic E-state index is 11.7. The maximum atomic E-state index is 11.7. The monoisotopic (exact) mass is 167 g/mol. The van der Waals surface area contributed by atoms with Crippen LogP contribution in [0, 0.1) is 0 Å². The number of hydrogen-bond donors (Lipinski definition) is 1. The van der Waals surface area contributed by atoms with Gasteiger partial charge in [-0.2, -0.15) is 13.2 Å². The van der Waals surface area contributed by atoms with E-state index in [-0.39, 0.29) is 12.0 Å². The van der Waals surface area contributed by atoms with Crippen LogP contribution in [-0.2, 0) is 0 Å². The van der Waals surface area contributed by atoms with Crippen LogP contribution in [0.2, 0.25) is 0 Å². The molecule has 0 amide bonds. The molecule has 0 saturated heterocycles. The number of hydrogen-bond acceptors (Lipinski definition) is 1. The van der Waals surface area contributed by atoms with Gasteiger partial charge in [-0.05, 0) is 26.3 Å². The molecule has 1 rings (SSSR count). The third kappa shape index (κ3) is 2.69. The summed E-state index contributed by atoms with van der Waals surface area (Å²) in [5.74, 6) is 0. The van der Waals surface area contributed by atoms with Gasteiger partial charge in [0.1, 0.15) is 0 Å². The van der Waals surface area contributed by atoms with E-state index in [4.69, 9.17) is 0 Å². The van der Waals surface area contributed by atoms with Crippen LogP contribution in [0.25, 0.3) is 0 Å². The Bertz CT molecular complexity index is 137. The smallest absolute Gasteiger partial charge is 0.314 e. The minimum atomic E-state index is -3.99. The van der Waals surface area contributed by atoms with Gasteiger partial charge in [0, 0.05) is 12.0 Å². The summed E-state index contributed by atoms with van der Waals surface area (Å²) in [5, 5.41) is 2.92. The average molecular weight is 167 g/mol. The summed E-state index contributed by atoms with van der Waals surface area (Å²) < 4.78 is 35.2. The zero-order valence-electron chi connectivity index (χ0n) is 6.46. The van der Waals surface area contributed by atoms with E-state index >= 15 is 0 Å². The van der Waals surface area contributed by atoms with Gasteiger partial charge in [0.05, 0.1) is 0 Å². The van der Waals surface area contributed by atoms with E-state index in [0.29, 0.717) is 0 Å². The molecule has 0 heterocycles. The minimum Gasteiger partial charge on any atom is -0.314 e. The molecule has 0 aromatic carbocycles. The molecule has 66 valence electrons. The fraction of sp³-hybridized carbons (Fsp3) is 1.00. The summed E-state index contributed by atoms with van der Waals surface area (Å²) in [6.07, 6.45) is -2.65. The van der Waals surface area contributed by atoms with E-state index in [2.05, 4.69) is 5.32 Å². The number of nitrogens with one attached hydrogen (secondary N) is 1. The van der Waals surface area contributed by atoms with Gasteiger partial charge in [-0.15, -0.1) is 0 Å². The van der Waals surface area contributed by atoms with E-state index in [1.807, 2.05) is 0 Å². The van der Waals surface area contributed by atoms with Crippen LogP contribution in [-0.4, -0.2) is 18.8 Å². The Morgan fingerprint density at radius 1 is 1.36 bits per heavy atom. The standard InChI is InChI=1S/C7H12F3N/c1-11-6(2-3-6)4-5-7(8,9)10/h11H,2-5H2,1H3. The van der Waals surface area contributed by atoms with Crippen molar-refractivity contribution in [1.29, 1.82) is 0 Å². The van der Waals surface area contributed by atoms with Gasteiger partial charge in [0.2, 0.25) is 0 Å². The summed E-state index contributed by atoms with van der Waals surface area (Å²) in [6.45, 7) is 0. The lowest BCUT2D eigenvalue weighted by Gasteiger charge is -2.14. The molecular weight excluding hydrogens is 155 g/mol. The van der Waals surface area contributed by atoms with Crippen LogP contribution in [0.5, 0.6) is 0 Å². The zero-order valence-corrected chi connectivity index (χ0v) is 6.46. The molecule has 4 heteroatoms. The van der Waals surface area contributed by atoms with Gasteiger partial charge in [-0.3, -0.25) is 0 Å². The number of halogens is 3. The highest BCUT2D eigenvalue weighted by atomic mass is 19.4. The predicted octanol–water partition coefficient (Wildman–Crippen LogP) is 2.08. The van der Waals surface area contributed by atoms with Crippen molar-refractivity contribution in [3.05, 3.63) is 0 Å². The Hall–Kier alpha value is -0.250. The molecule has 0 radical (unpaired) electrons. The molecule has 0 bridgehead atoms. The summed E-state index contributed by atoms with van der Waals surface area (Å²) in [6, 6.07) is 0. The second kappa shape index (κ2) is 2.66. The summed E-state index contributed by atoms with van der Waals surface area (Å²) in [5.41, 5.74) is -0.171. The van der Waals surface area contributed by atoms with Crippen molar-refractivity contribution in [1.82, 2.24) is 5.32 Å². The molecule has 0 aliphatic heterocycles. The molecule has 0 aromatic heterocycles. The van der Waals surface area contributed by atoms with Gasteiger partial charge < -0.3 is 5.32 Å². The third-order valence-electron chi connectivity index (χ3n) is 2.27. The van der Waals surface area contributed by atoms with E-state index in [1.165, 1.54) is 0 Å². The highest BCUT2D eigenvalue weighted by Crippen LogP contribution is 2.41. The molecule has 1 fully saturated rings.